The van der Waals surface area contributed by atoms with Crippen LogP contribution in [0.25, 0.3) is 0 Å². The molecular formula is C12H11BrClN3O. The number of benzene rings is 1. The van der Waals surface area contributed by atoms with Crippen molar-refractivity contribution in [1.29, 1.82) is 0 Å². The van der Waals surface area contributed by atoms with E-state index in [0.29, 0.717) is 23.9 Å². The number of anilines is 1. The van der Waals surface area contributed by atoms with Crippen LogP contribution in [0.4, 0.5) is 5.69 Å². The molecule has 2 rings (SSSR count). The third-order valence-electron chi connectivity index (χ3n) is 2.36. The zero-order valence-electron chi connectivity index (χ0n) is 9.65. The van der Waals surface area contributed by atoms with Gasteiger partial charge in [-0.25, -0.2) is 4.98 Å². The highest BCUT2D eigenvalue weighted by atomic mass is 79.9. The van der Waals surface area contributed by atoms with Gasteiger partial charge in [-0.3, -0.25) is 0 Å². The van der Waals surface area contributed by atoms with Gasteiger partial charge in [0.05, 0.1) is 5.69 Å². The lowest BCUT2D eigenvalue weighted by Crippen LogP contribution is -2.04. The molecule has 0 atom stereocenters. The molecule has 0 aliphatic rings. The molecule has 0 spiro atoms. The van der Waals surface area contributed by atoms with E-state index in [9.17, 15) is 0 Å². The molecule has 0 bridgehead atoms. The quantitative estimate of drug-likeness (QED) is 0.878. The van der Waals surface area contributed by atoms with E-state index in [4.69, 9.17) is 22.1 Å². The second-order valence-electron chi connectivity index (χ2n) is 3.71. The van der Waals surface area contributed by atoms with Gasteiger partial charge in [0.15, 0.2) is 0 Å². The minimum Gasteiger partial charge on any atom is -0.471 e. The van der Waals surface area contributed by atoms with Gasteiger partial charge >= 0.3 is 0 Å². The van der Waals surface area contributed by atoms with Gasteiger partial charge < -0.3 is 10.5 Å². The van der Waals surface area contributed by atoms with Gasteiger partial charge in [-0.05, 0) is 36.2 Å². The summed E-state index contributed by atoms with van der Waals surface area (Å²) in [7, 11) is 0. The molecule has 0 saturated heterocycles. The normalized spacial score (nSPS) is 10.4. The van der Waals surface area contributed by atoms with Crippen LogP contribution >= 0.6 is 27.5 Å². The third kappa shape index (κ3) is 3.11. The van der Waals surface area contributed by atoms with Crippen LogP contribution in [0.2, 0.25) is 5.28 Å². The largest absolute Gasteiger partial charge is 0.471 e. The van der Waals surface area contributed by atoms with E-state index < -0.39 is 0 Å². The van der Waals surface area contributed by atoms with Gasteiger partial charge in [-0.15, -0.1) is 0 Å². The highest BCUT2D eigenvalue weighted by Gasteiger charge is 2.09. The number of ether oxygens (including phenoxy) is 1. The van der Waals surface area contributed by atoms with Crippen molar-refractivity contribution in [3.05, 3.63) is 45.3 Å². The number of nitrogen functional groups attached to an aromatic ring is 1. The van der Waals surface area contributed by atoms with Crippen LogP contribution in [0.15, 0.2) is 28.7 Å². The number of nitrogens with two attached hydrogens (primary N) is 1. The summed E-state index contributed by atoms with van der Waals surface area (Å²) in [6.07, 6.45) is 0. The lowest BCUT2D eigenvalue weighted by molar-refractivity contribution is 0.295. The monoisotopic (exact) mass is 327 g/mol. The zero-order valence-corrected chi connectivity index (χ0v) is 12.0. The number of aromatic nitrogens is 2. The Bertz CT molecular complexity index is 560. The maximum absolute atomic E-state index is 5.82. The van der Waals surface area contributed by atoms with Gasteiger partial charge in [-0.2, -0.15) is 4.98 Å². The predicted molar refractivity (Wildman–Crippen MR) is 74.7 cm³/mol. The molecule has 2 N–H and O–H groups in total. The summed E-state index contributed by atoms with van der Waals surface area (Å²) in [4.78, 5) is 7.91. The third-order valence-corrected chi connectivity index (χ3v) is 3.06. The summed E-state index contributed by atoms with van der Waals surface area (Å²) in [5.74, 6) is 0.315. The minimum atomic E-state index is 0.132. The van der Waals surface area contributed by atoms with Crippen molar-refractivity contribution >= 4 is 33.2 Å². The molecule has 0 fully saturated rings. The fraction of sp³-hybridized carbons (Fsp3) is 0.167. The highest BCUT2D eigenvalue weighted by molar-refractivity contribution is 9.10. The molecule has 94 valence electrons. The van der Waals surface area contributed by atoms with Crippen LogP contribution in [0.3, 0.4) is 0 Å². The molecule has 0 aliphatic carbocycles. The van der Waals surface area contributed by atoms with E-state index in [1.54, 1.807) is 6.92 Å². The molecule has 0 amide bonds. The number of hydrogen-bond acceptors (Lipinski definition) is 4. The van der Waals surface area contributed by atoms with Crippen LogP contribution in [-0.4, -0.2) is 9.97 Å². The summed E-state index contributed by atoms with van der Waals surface area (Å²) in [5.41, 5.74) is 7.87. The van der Waals surface area contributed by atoms with Gasteiger partial charge in [0.2, 0.25) is 11.2 Å². The molecule has 2 aromatic rings. The lowest BCUT2D eigenvalue weighted by atomic mass is 10.2. The molecular weight excluding hydrogens is 318 g/mol. The fourth-order valence-electron chi connectivity index (χ4n) is 1.36. The van der Waals surface area contributed by atoms with Crippen molar-refractivity contribution in [2.45, 2.75) is 13.5 Å². The average molecular weight is 329 g/mol. The van der Waals surface area contributed by atoms with Crippen LogP contribution < -0.4 is 10.5 Å². The van der Waals surface area contributed by atoms with E-state index in [1.807, 2.05) is 24.3 Å². The molecule has 0 radical (unpaired) electrons. The SMILES string of the molecule is Cc1nc(Cl)nc(OCc2ccc(Br)cc2)c1N. The maximum Gasteiger partial charge on any atom is 0.242 e. The Morgan fingerprint density at radius 2 is 1.94 bits per heavy atom. The van der Waals surface area contributed by atoms with Gasteiger partial charge in [0.25, 0.3) is 0 Å². The molecule has 1 heterocycles. The number of nitrogens with zero attached hydrogens (tertiary/aromatic N) is 2. The Labute approximate surface area is 118 Å². The van der Waals surface area contributed by atoms with Gasteiger partial charge in [-0.1, -0.05) is 28.1 Å². The zero-order chi connectivity index (χ0) is 13.1. The van der Waals surface area contributed by atoms with Crippen LogP contribution in [0, 0.1) is 6.92 Å². The van der Waals surface area contributed by atoms with Crippen LogP contribution in [0.1, 0.15) is 11.3 Å². The molecule has 6 heteroatoms. The molecule has 0 aliphatic heterocycles. The van der Waals surface area contributed by atoms with E-state index in [0.717, 1.165) is 10.0 Å². The number of aryl methyl sites for hydroxylation is 1. The number of hydrogen-bond donors (Lipinski definition) is 1. The fourth-order valence-corrected chi connectivity index (χ4v) is 1.83. The highest BCUT2D eigenvalue weighted by Crippen LogP contribution is 2.23. The standard InChI is InChI=1S/C12H11BrClN3O/c1-7-10(15)11(17-12(14)16-7)18-6-8-2-4-9(13)5-3-8/h2-5H,6,15H2,1H3. The van der Waals surface area contributed by atoms with Crippen molar-refractivity contribution in [3.8, 4) is 5.88 Å². The van der Waals surface area contributed by atoms with E-state index in [2.05, 4.69) is 25.9 Å². The molecule has 0 saturated carbocycles. The Morgan fingerprint density at radius 3 is 2.61 bits per heavy atom. The first-order valence-electron chi connectivity index (χ1n) is 5.23. The second kappa shape index (κ2) is 5.54. The number of halogens is 2. The van der Waals surface area contributed by atoms with Crippen molar-refractivity contribution < 1.29 is 4.74 Å². The van der Waals surface area contributed by atoms with Gasteiger partial charge in [0.1, 0.15) is 12.3 Å². The molecule has 1 aromatic heterocycles. The maximum atomic E-state index is 5.82. The van der Waals surface area contributed by atoms with E-state index in [1.165, 1.54) is 0 Å². The second-order valence-corrected chi connectivity index (χ2v) is 4.97. The minimum absolute atomic E-state index is 0.132. The smallest absolute Gasteiger partial charge is 0.242 e. The van der Waals surface area contributed by atoms with E-state index in [-0.39, 0.29) is 5.28 Å². The molecule has 1 aromatic carbocycles. The van der Waals surface area contributed by atoms with Crippen molar-refractivity contribution in [2.75, 3.05) is 5.73 Å². The molecule has 18 heavy (non-hydrogen) atoms. The predicted octanol–water partition coefficient (Wildman–Crippen LogP) is 3.36. The van der Waals surface area contributed by atoms with Crippen molar-refractivity contribution in [1.82, 2.24) is 9.97 Å². The van der Waals surface area contributed by atoms with Crippen LogP contribution in [-0.2, 0) is 6.61 Å². The Morgan fingerprint density at radius 1 is 1.28 bits per heavy atom. The van der Waals surface area contributed by atoms with Crippen molar-refractivity contribution in [2.24, 2.45) is 0 Å². The first-order chi connectivity index (χ1) is 8.56. The Kier molecular flexibility index (Phi) is 4.04. The van der Waals surface area contributed by atoms with Crippen molar-refractivity contribution in [3.63, 3.8) is 0 Å². The topological polar surface area (TPSA) is 61.0 Å². The first-order valence-corrected chi connectivity index (χ1v) is 6.40. The van der Waals surface area contributed by atoms with Gasteiger partial charge in [0, 0.05) is 4.47 Å². The first kappa shape index (κ1) is 13.1. The summed E-state index contributed by atoms with van der Waals surface area (Å²) in [6.45, 7) is 2.14. The average Bonchev–Trinajstić information content (AvgIpc) is 2.34. The summed E-state index contributed by atoms with van der Waals surface area (Å²) in [5, 5.41) is 0.132. The van der Waals surface area contributed by atoms with Crippen LogP contribution in [0.5, 0.6) is 5.88 Å². The lowest BCUT2D eigenvalue weighted by Gasteiger charge is -2.09. The molecule has 0 unspecified atom stereocenters. The Balaban J connectivity index is 2.13. The summed E-state index contributed by atoms with van der Waals surface area (Å²) >= 11 is 9.13. The number of rotatable bonds is 3. The summed E-state index contributed by atoms with van der Waals surface area (Å²) in [6, 6.07) is 7.80. The summed E-state index contributed by atoms with van der Waals surface area (Å²) < 4.78 is 6.57. The molecule has 4 nitrogen and oxygen atoms in total. The Hall–Kier alpha value is -1.33. The van der Waals surface area contributed by atoms with E-state index >= 15 is 0 Å².